The van der Waals surface area contributed by atoms with Gasteiger partial charge in [0.2, 0.25) is 0 Å². The highest BCUT2D eigenvalue weighted by atomic mass is 32.2. The number of alkyl halides is 3. The summed E-state index contributed by atoms with van der Waals surface area (Å²) in [5, 5.41) is 9.77. The molecule has 0 unspecified atom stereocenters. The zero-order valence-corrected chi connectivity index (χ0v) is 12.4. The molecule has 0 amide bonds. The van der Waals surface area contributed by atoms with E-state index in [-0.39, 0.29) is 17.3 Å². The first kappa shape index (κ1) is 16.2. The number of nitrogens with zero attached hydrogens (tertiary/aromatic N) is 2. The molecule has 3 aromatic rings. The number of H-pyrrole nitrogens is 1. The molecule has 11 heteroatoms. The van der Waals surface area contributed by atoms with Gasteiger partial charge in [-0.15, -0.1) is 0 Å². The molecule has 0 aliphatic heterocycles. The van der Waals surface area contributed by atoms with Crippen LogP contribution in [0.5, 0.6) is 0 Å². The SMILES string of the molecule is O=S(=O)(Nc1cccc2n[nH]nc12)c1ccc(F)cc1C(F)(F)F. The Kier molecular flexibility index (Phi) is 3.67. The first-order valence-corrected chi connectivity index (χ1v) is 7.86. The van der Waals surface area contributed by atoms with Gasteiger partial charge in [0.25, 0.3) is 10.0 Å². The van der Waals surface area contributed by atoms with Gasteiger partial charge in [-0.05, 0) is 30.3 Å². The van der Waals surface area contributed by atoms with Gasteiger partial charge in [0.15, 0.2) is 0 Å². The number of hydrogen-bond donors (Lipinski definition) is 2. The molecule has 2 N–H and O–H groups in total. The van der Waals surface area contributed by atoms with E-state index in [0.29, 0.717) is 17.6 Å². The Morgan fingerprint density at radius 1 is 1.08 bits per heavy atom. The summed E-state index contributed by atoms with van der Waals surface area (Å²) in [5.41, 5.74) is -1.19. The molecular formula is C13H8F4N4O2S. The number of rotatable bonds is 3. The Morgan fingerprint density at radius 3 is 2.54 bits per heavy atom. The molecule has 0 spiro atoms. The van der Waals surface area contributed by atoms with Crippen LogP contribution in [0.25, 0.3) is 11.0 Å². The second-order valence-electron chi connectivity index (χ2n) is 4.74. The fraction of sp³-hybridized carbons (Fsp3) is 0.0769. The van der Waals surface area contributed by atoms with Crippen LogP contribution < -0.4 is 4.72 Å². The Morgan fingerprint density at radius 2 is 1.83 bits per heavy atom. The van der Waals surface area contributed by atoms with Crippen molar-refractivity contribution in [1.82, 2.24) is 15.4 Å². The van der Waals surface area contributed by atoms with Crippen molar-refractivity contribution >= 4 is 26.7 Å². The van der Waals surface area contributed by atoms with Gasteiger partial charge in [-0.1, -0.05) is 6.07 Å². The molecule has 0 atom stereocenters. The predicted octanol–water partition coefficient (Wildman–Crippen LogP) is 2.92. The minimum Gasteiger partial charge on any atom is -0.277 e. The van der Waals surface area contributed by atoms with E-state index in [0.717, 1.165) is 0 Å². The van der Waals surface area contributed by atoms with Crippen LogP contribution in [0.2, 0.25) is 0 Å². The number of benzene rings is 2. The van der Waals surface area contributed by atoms with Crippen molar-refractivity contribution in [1.29, 1.82) is 0 Å². The monoisotopic (exact) mass is 360 g/mol. The molecule has 1 heterocycles. The van der Waals surface area contributed by atoms with Crippen molar-refractivity contribution in [3.63, 3.8) is 0 Å². The summed E-state index contributed by atoms with van der Waals surface area (Å²) in [6.45, 7) is 0. The van der Waals surface area contributed by atoms with E-state index in [2.05, 4.69) is 15.4 Å². The van der Waals surface area contributed by atoms with E-state index in [1.165, 1.54) is 18.2 Å². The summed E-state index contributed by atoms with van der Waals surface area (Å²) in [6.07, 6.45) is -5.04. The molecule has 0 bridgehead atoms. The van der Waals surface area contributed by atoms with E-state index < -0.39 is 32.5 Å². The first-order valence-electron chi connectivity index (χ1n) is 6.37. The van der Waals surface area contributed by atoms with Crippen molar-refractivity contribution < 1.29 is 26.0 Å². The standard InChI is InChI=1S/C13H8F4N4O2S/c14-7-4-5-11(8(6-7)13(15,16)17)24(22,23)20-10-3-1-2-9-12(10)19-21-18-9/h1-6,20H,(H,18,19,21). The molecule has 126 valence electrons. The Balaban J connectivity index is 2.11. The average Bonchev–Trinajstić information content (AvgIpc) is 2.95. The highest BCUT2D eigenvalue weighted by Crippen LogP contribution is 2.35. The number of nitrogens with one attached hydrogen (secondary N) is 2. The van der Waals surface area contributed by atoms with Crippen LogP contribution in [-0.2, 0) is 16.2 Å². The average molecular weight is 360 g/mol. The molecule has 0 fully saturated rings. The third-order valence-corrected chi connectivity index (χ3v) is 4.55. The predicted molar refractivity (Wildman–Crippen MR) is 76.1 cm³/mol. The molecule has 1 aromatic heterocycles. The van der Waals surface area contributed by atoms with Crippen LogP contribution in [0.4, 0.5) is 23.2 Å². The summed E-state index contributed by atoms with van der Waals surface area (Å²) in [6, 6.07) is 5.64. The maximum absolute atomic E-state index is 13.1. The third-order valence-electron chi connectivity index (χ3n) is 3.13. The summed E-state index contributed by atoms with van der Waals surface area (Å²) < 4.78 is 78.9. The van der Waals surface area contributed by atoms with E-state index >= 15 is 0 Å². The fourth-order valence-electron chi connectivity index (χ4n) is 2.11. The number of sulfonamides is 1. The Hall–Kier alpha value is -2.69. The number of aromatic amines is 1. The highest BCUT2D eigenvalue weighted by Gasteiger charge is 2.37. The van der Waals surface area contributed by atoms with Crippen LogP contribution in [0.3, 0.4) is 0 Å². The van der Waals surface area contributed by atoms with Crippen LogP contribution in [0, 0.1) is 5.82 Å². The maximum Gasteiger partial charge on any atom is 0.417 e. The van der Waals surface area contributed by atoms with Crippen LogP contribution in [0.1, 0.15) is 5.56 Å². The van der Waals surface area contributed by atoms with Crippen LogP contribution in [0.15, 0.2) is 41.3 Å². The quantitative estimate of drug-likeness (QED) is 0.703. The minimum atomic E-state index is -5.04. The first-order chi connectivity index (χ1) is 11.2. The van der Waals surface area contributed by atoms with Gasteiger partial charge in [0.05, 0.1) is 16.1 Å². The number of hydrogen-bond acceptors (Lipinski definition) is 4. The Labute approximate surface area is 132 Å². The lowest BCUT2D eigenvalue weighted by Crippen LogP contribution is -2.19. The van der Waals surface area contributed by atoms with Gasteiger partial charge in [0, 0.05) is 0 Å². The van der Waals surface area contributed by atoms with E-state index in [1.54, 1.807) is 0 Å². The van der Waals surface area contributed by atoms with Crippen molar-refractivity contribution in [2.75, 3.05) is 4.72 Å². The highest BCUT2D eigenvalue weighted by molar-refractivity contribution is 7.92. The molecule has 0 aliphatic rings. The fourth-order valence-corrected chi connectivity index (χ4v) is 3.38. The van der Waals surface area contributed by atoms with E-state index in [4.69, 9.17) is 0 Å². The summed E-state index contributed by atoms with van der Waals surface area (Å²) in [4.78, 5) is -1.09. The zero-order chi connectivity index (χ0) is 17.5. The summed E-state index contributed by atoms with van der Waals surface area (Å²) in [7, 11) is -4.63. The molecule has 0 saturated heterocycles. The van der Waals surface area contributed by atoms with Gasteiger partial charge in [-0.2, -0.15) is 28.6 Å². The molecule has 0 radical (unpaired) electrons. The van der Waals surface area contributed by atoms with Crippen molar-refractivity contribution in [2.24, 2.45) is 0 Å². The maximum atomic E-state index is 13.1. The number of aromatic nitrogens is 3. The molecule has 2 aromatic carbocycles. The van der Waals surface area contributed by atoms with Gasteiger partial charge in [-0.3, -0.25) is 4.72 Å². The second-order valence-corrected chi connectivity index (χ2v) is 6.39. The minimum absolute atomic E-state index is 0.0568. The molecule has 24 heavy (non-hydrogen) atoms. The molecule has 0 aliphatic carbocycles. The number of halogens is 4. The summed E-state index contributed by atoms with van der Waals surface area (Å²) >= 11 is 0. The molecular weight excluding hydrogens is 352 g/mol. The van der Waals surface area contributed by atoms with Gasteiger partial charge in [0.1, 0.15) is 16.9 Å². The zero-order valence-electron chi connectivity index (χ0n) is 11.6. The summed E-state index contributed by atoms with van der Waals surface area (Å²) in [5.74, 6) is -1.19. The smallest absolute Gasteiger partial charge is 0.277 e. The van der Waals surface area contributed by atoms with Gasteiger partial charge in [-0.25, -0.2) is 12.8 Å². The molecule has 6 nitrogen and oxygen atoms in total. The van der Waals surface area contributed by atoms with Gasteiger partial charge >= 0.3 is 6.18 Å². The number of anilines is 1. The van der Waals surface area contributed by atoms with Gasteiger partial charge < -0.3 is 0 Å². The Bertz CT molecular complexity index is 1010. The largest absolute Gasteiger partial charge is 0.417 e. The molecule has 0 saturated carbocycles. The van der Waals surface area contributed by atoms with Crippen molar-refractivity contribution in [2.45, 2.75) is 11.1 Å². The second kappa shape index (κ2) is 5.44. The van der Waals surface area contributed by atoms with Crippen molar-refractivity contribution in [3.05, 3.63) is 47.8 Å². The normalized spacial score (nSPS) is 12.5. The van der Waals surface area contributed by atoms with Crippen molar-refractivity contribution in [3.8, 4) is 0 Å². The number of fused-ring (bicyclic) bond motifs is 1. The molecule has 3 rings (SSSR count). The van der Waals surface area contributed by atoms with Crippen LogP contribution in [-0.4, -0.2) is 23.8 Å². The number of para-hydroxylation sites is 1. The van der Waals surface area contributed by atoms with E-state index in [1.807, 2.05) is 4.72 Å². The lowest BCUT2D eigenvalue weighted by Gasteiger charge is -2.14. The topological polar surface area (TPSA) is 87.7 Å². The lowest BCUT2D eigenvalue weighted by molar-refractivity contribution is -0.140. The van der Waals surface area contributed by atoms with Crippen LogP contribution >= 0.6 is 0 Å². The third kappa shape index (κ3) is 2.89. The lowest BCUT2D eigenvalue weighted by atomic mass is 10.2. The van der Waals surface area contributed by atoms with E-state index in [9.17, 15) is 26.0 Å².